The molecular weight excluding hydrogens is 218 g/mol. The topological polar surface area (TPSA) is 12.0 Å². The molecule has 0 heterocycles. The number of hydrogen-bond donors (Lipinski definition) is 1. The van der Waals surface area contributed by atoms with Crippen molar-refractivity contribution < 1.29 is 0 Å². The molecule has 1 atom stereocenters. The first kappa shape index (κ1) is 11.5. The zero-order valence-corrected chi connectivity index (χ0v) is 10.8. The van der Waals surface area contributed by atoms with Crippen LogP contribution in [0, 0.1) is 0 Å². The summed E-state index contributed by atoms with van der Waals surface area (Å²) in [5.41, 5.74) is 1.40. The molecule has 0 saturated heterocycles. The molecule has 1 heteroatoms. The molecule has 0 spiro atoms. The van der Waals surface area contributed by atoms with Crippen molar-refractivity contribution >= 4 is 10.8 Å². The lowest BCUT2D eigenvalue weighted by molar-refractivity contribution is 0.473. The van der Waals surface area contributed by atoms with Crippen LogP contribution < -0.4 is 5.32 Å². The third-order valence-corrected chi connectivity index (χ3v) is 3.78. The van der Waals surface area contributed by atoms with Crippen molar-refractivity contribution in [3.8, 4) is 0 Å². The van der Waals surface area contributed by atoms with E-state index in [-0.39, 0.29) is 0 Å². The molecular formula is C17H19N. The van der Waals surface area contributed by atoms with Crippen LogP contribution in [-0.2, 0) is 0 Å². The average Bonchev–Trinajstić information content (AvgIpc) is 2.91. The fourth-order valence-corrected chi connectivity index (χ4v) is 2.82. The Morgan fingerprint density at radius 2 is 1.72 bits per heavy atom. The summed E-state index contributed by atoms with van der Waals surface area (Å²) in [4.78, 5) is 0. The van der Waals surface area contributed by atoms with E-state index in [0.29, 0.717) is 12.1 Å². The van der Waals surface area contributed by atoms with Gasteiger partial charge in [0.25, 0.3) is 0 Å². The Morgan fingerprint density at radius 1 is 1.00 bits per heavy atom. The van der Waals surface area contributed by atoms with Gasteiger partial charge in [-0.3, -0.25) is 0 Å². The molecule has 0 saturated carbocycles. The SMILES string of the molecule is CC(NC1CC=CC1)c1cccc2ccccc12. The Morgan fingerprint density at radius 3 is 2.56 bits per heavy atom. The molecule has 0 radical (unpaired) electrons. The standard InChI is InChI=1S/C17H19N/c1-13(18-15-9-3-4-10-15)16-12-6-8-14-7-2-5-11-17(14)16/h2-8,11-13,15,18H,9-10H2,1H3. The predicted molar refractivity (Wildman–Crippen MR) is 77.7 cm³/mol. The lowest BCUT2D eigenvalue weighted by Crippen LogP contribution is -2.29. The summed E-state index contributed by atoms with van der Waals surface area (Å²) in [6.07, 6.45) is 6.87. The summed E-state index contributed by atoms with van der Waals surface area (Å²) >= 11 is 0. The van der Waals surface area contributed by atoms with E-state index in [2.05, 4.69) is 66.9 Å². The van der Waals surface area contributed by atoms with Crippen LogP contribution in [-0.4, -0.2) is 6.04 Å². The van der Waals surface area contributed by atoms with Crippen LogP contribution in [0.25, 0.3) is 10.8 Å². The summed E-state index contributed by atoms with van der Waals surface area (Å²) in [6, 6.07) is 16.2. The molecule has 1 N–H and O–H groups in total. The van der Waals surface area contributed by atoms with Crippen LogP contribution >= 0.6 is 0 Å². The maximum absolute atomic E-state index is 3.72. The van der Waals surface area contributed by atoms with Crippen LogP contribution in [0.3, 0.4) is 0 Å². The first-order valence-electron chi connectivity index (χ1n) is 6.73. The molecule has 3 rings (SSSR count). The van der Waals surface area contributed by atoms with Crippen molar-refractivity contribution in [3.63, 3.8) is 0 Å². The Kier molecular flexibility index (Phi) is 3.16. The van der Waals surface area contributed by atoms with E-state index in [0.717, 1.165) is 12.8 Å². The van der Waals surface area contributed by atoms with Crippen LogP contribution in [0.4, 0.5) is 0 Å². The van der Waals surface area contributed by atoms with E-state index in [1.165, 1.54) is 16.3 Å². The van der Waals surface area contributed by atoms with Gasteiger partial charge in [0.1, 0.15) is 0 Å². The van der Waals surface area contributed by atoms with E-state index in [1.807, 2.05) is 0 Å². The lowest BCUT2D eigenvalue weighted by atomic mass is 9.99. The quantitative estimate of drug-likeness (QED) is 0.788. The molecule has 1 unspecified atom stereocenters. The number of benzene rings is 2. The van der Waals surface area contributed by atoms with Gasteiger partial charge in [-0.25, -0.2) is 0 Å². The molecule has 92 valence electrons. The van der Waals surface area contributed by atoms with Gasteiger partial charge >= 0.3 is 0 Å². The summed E-state index contributed by atoms with van der Waals surface area (Å²) in [6.45, 7) is 2.26. The maximum atomic E-state index is 3.72. The van der Waals surface area contributed by atoms with Crippen LogP contribution in [0.1, 0.15) is 31.4 Å². The van der Waals surface area contributed by atoms with Gasteiger partial charge in [0.05, 0.1) is 0 Å². The summed E-state index contributed by atoms with van der Waals surface area (Å²) in [5.74, 6) is 0. The smallest absolute Gasteiger partial charge is 0.0300 e. The number of nitrogens with one attached hydrogen (secondary N) is 1. The Labute approximate surface area is 109 Å². The molecule has 18 heavy (non-hydrogen) atoms. The maximum Gasteiger partial charge on any atom is 0.0300 e. The van der Waals surface area contributed by atoms with Crippen molar-refractivity contribution in [2.45, 2.75) is 31.8 Å². The van der Waals surface area contributed by atoms with Crippen molar-refractivity contribution in [2.75, 3.05) is 0 Å². The van der Waals surface area contributed by atoms with Gasteiger partial charge in [-0.15, -0.1) is 0 Å². The van der Waals surface area contributed by atoms with Gasteiger partial charge in [0.2, 0.25) is 0 Å². The summed E-state index contributed by atoms with van der Waals surface area (Å²) in [5, 5.41) is 6.42. The Balaban J connectivity index is 1.88. The molecule has 1 nitrogen and oxygen atoms in total. The molecule has 2 aromatic carbocycles. The molecule has 1 aliphatic carbocycles. The van der Waals surface area contributed by atoms with Crippen LogP contribution in [0.15, 0.2) is 54.6 Å². The average molecular weight is 237 g/mol. The van der Waals surface area contributed by atoms with Gasteiger partial charge in [-0.2, -0.15) is 0 Å². The highest BCUT2D eigenvalue weighted by Crippen LogP contribution is 2.25. The highest BCUT2D eigenvalue weighted by Gasteiger charge is 2.15. The van der Waals surface area contributed by atoms with E-state index in [9.17, 15) is 0 Å². The molecule has 0 bridgehead atoms. The van der Waals surface area contributed by atoms with Crippen LogP contribution in [0.5, 0.6) is 0 Å². The number of hydrogen-bond acceptors (Lipinski definition) is 1. The second-order valence-electron chi connectivity index (χ2n) is 5.10. The molecule has 0 aliphatic heterocycles. The van der Waals surface area contributed by atoms with Crippen molar-refractivity contribution in [1.29, 1.82) is 0 Å². The van der Waals surface area contributed by atoms with E-state index < -0.39 is 0 Å². The Bertz CT molecular complexity index is 557. The number of rotatable bonds is 3. The van der Waals surface area contributed by atoms with Crippen molar-refractivity contribution in [3.05, 3.63) is 60.2 Å². The highest BCUT2D eigenvalue weighted by atomic mass is 14.9. The van der Waals surface area contributed by atoms with Crippen molar-refractivity contribution in [2.24, 2.45) is 0 Å². The Hall–Kier alpha value is -1.60. The molecule has 2 aromatic rings. The van der Waals surface area contributed by atoms with E-state index in [1.54, 1.807) is 0 Å². The fourth-order valence-electron chi connectivity index (χ4n) is 2.82. The molecule has 0 aromatic heterocycles. The molecule has 0 amide bonds. The summed E-state index contributed by atoms with van der Waals surface area (Å²) in [7, 11) is 0. The fraction of sp³-hybridized carbons (Fsp3) is 0.294. The highest BCUT2D eigenvalue weighted by molar-refractivity contribution is 5.86. The van der Waals surface area contributed by atoms with E-state index >= 15 is 0 Å². The third-order valence-electron chi connectivity index (χ3n) is 3.78. The van der Waals surface area contributed by atoms with Gasteiger partial charge < -0.3 is 5.32 Å². The largest absolute Gasteiger partial charge is 0.307 e. The second-order valence-corrected chi connectivity index (χ2v) is 5.10. The monoisotopic (exact) mass is 237 g/mol. The minimum atomic E-state index is 0.404. The minimum absolute atomic E-state index is 0.404. The first-order valence-corrected chi connectivity index (χ1v) is 6.73. The normalized spacial score (nSPS) is 17.4. The minimum Gasteiger partial charge on any atom is -0.307 e. The van der Waals surface area contributed by atoms with Crippen molar-refractivity contribution in [1.82, 2.24) is 5.32 Å². The van der Waals surface area contributed by atoms with Crippen LogP contribution in [0.2, 0.25) is 0 Å². The van der Waals surface area contributed by atoms with Gasteiger partial charge in [-0.1, -0.05) is 54.6 Å². The van der Waals surface area contributed by atoms with Gasteiger partial charge in [-0.05, 0) is 36.1 Å². The van der Waals surface area contributed by atoms with Gasteiger partial charge in [0.15, 0.2) is 0 Å². The lowest BCUT2D eigenvalue weighted by Gasteiger charge is -2.21. The van der Waals surface area contributed by atoms with Gasteiger partial charge in [0, 0.05) is 12.1 Å². The number of fused-ring (bicyclic) bond motifs is 1. The second kappa shape index (κ2) is 4.95. The zero-order chi connectivity index (χ0) is 12.4. The first-order chi connectivity index (χ1) is 8.84. The zero-order valence-electron chi connectivity index (χ0n) is 10.8. The molecule has 0 fully saturated rings. The summed E-state index contributed by atoms with van der Waals surface area (Å²) < 4.78 is 0. The predicted octanol–water partition coefficient (Wildman–Crippen LogP) is 4.21. The third kappa shape index (κ3) is 2.19. The van der Waals surface area contributed by atoms with E-state index in [4.69, 9.17) is 0 Å². The molecule has 1 aliphatic rings.